The van der Waals surface area contributed by atoms with Crippen molar-refractivity contribution < 1.29 is 39.0 Å². The summed E-state index contributed by atoms with van der Waals surface area (Å²) in [6.07, 6.45) is -0.0483. The molecule has 18 nitrogen and oxygen atoms in total. The molecular weight excluding hydrogens is 664 g/mol. The summed E-state index contributed by atoms with van der Waals surface area (Å²) in [5, 5.41) is 45.6. The minimum atomic E-state index is -2.21. The monoisotopic (exact) mass is 706 g/mol. The molecule has 1 aliphatic rings. The fourth-order valence-electron chi connectivity index (χ4n) is 5.21. The minimum absolute atomic E-state index is 0.0873. The first-order valence-electron chi connectivity index (χ1n) is 16.3. The van der Waals surface area contributed by atoms with Crippen molar-refractivity contribution in [2.75, 3.05) is 18.4 Å². The molecule has 1 aliphatic heterocycles. The second kappa shape index (κ2) is 16.8. The number of nitrogens with one attached hydrogen (secondary N) is 5. The normalized spacial score (nSPS) is 21.2. The second-order valence-corrected chi connectivity index (χ2v) is 12.7. The fraction of sp³-hybridized carbons (Fsp3) is 0.424. The van der Waals surface area contributed by atoms with Crippen LogP contribution in [0, 0.1) is 5.92 Å². The molecule has 2 bridgehead atoms. The topological polar surface area (TPSA) is 273 Å². The lowest BCUT2D eigenvalue weighted by Gasteiger charge is -2.30. The molecule has 0 saturated heterocycles. The van der Waals surface area contributed by atoms with Gasteiger partial charge >= 0.3 is 5.97 Å². The van der Waals surface area contributed by atoms with Crippen LogP contribution in [0.15, 0.2) is 54.6 Å². The number of carboxylic acids is 1. The SMILES string of the molecule is CC(C)C1NC(=O)[C@@H](N)CNC(=O)c2nnn(n2)C(C)C[C@@H](C(=O)NC[C@](O)(CCc2ccccc2)C(=O)Nc2cccc(C(=O)O)c2)NC1=O. The van der Waals surface area contributed by atoms with Crippen molar-refractivity contribution in [3.63, 3.8) is 0 Å². The van der Waals surface area contributed by atoms with E-state index in [1.165, 1.54) is 24.3 Å². The maximum absolute atomic E-state index is 13.8. The number of aromatic nitrogens is 4. The lowest BCUT2D eigenvalue weighted by molar-refractivity contribution is -0.137. The Morgan fingerprint density at radius 1 is 1.06 bits per heavy atom. The predicted molar refractivity (Wildman–Crippen MR) is 181 cm³/mol. The summed E-state index contributed by atoms with van der Waals surface area (Å²) in [5.74, 6) is -5.84. The molecule has 5 atom stereocenters. The molecular formula is C33H42N10O8. The van der Waals surface area contributed by atoms with Crippen molar-refractivity contribution in [3.05, 3.63) is 71.5 Å². The lowest BCUT2D eigenvalue weighted by atomic mass is 9.93. The zero-order valence-electron chi connectivity index (χ0n) is 28.3. The molecule has 5 amide bonds. The first-order chi connectivity index (χ1) is 24.2. The number of carbonyl (C=O) groups is 6. The first-order valence-corrected chi connectivity index (χ1v) is 16.3. The molecule has 1 aromatic heterocycles. The maximum atomic E-state index is 13.8. The van der Waals surface area contributed by atoms with E-state index in [0.717, 1.165) is 10.4 Å². The fourth-order valence-corrected chi connectivity index (χ4v) is 5.21. The summed E-state index contributed by atoms with van der Waals surface area (Å²) < 4.78 is 0. The maximum Gasteiger partial charge on any atom is 0.335 e. The van der Waals surface area contributed by atoms with Gasteiger partial charge in [0.05, 0.1) is 18.2 Å². The number of hydrogen-bond donors (Lipinski definition) is 8. The van der Waals surface area contributed by atoms with Gasteiger partial charge in [-0.2, -0.15) is 4.80 Å². The number of tetrazole rings is 1. The van der Waals surface area contributed by atoms with E-state index < -0.39 is 77.7 Å². The van der Waals surface area contributed by atoms with Gasteiger partial charge in [-0.3, -0.25) is 24.0 Å². The van der Waals surface area contributed by atoms with Crippen LogP contribution in [0.5, 0.6) is 0 Å². The van der Waals surface area contributed by atoms with Gasteiger partial charge in [-0.05, 0) is 54.7 Å². The van der Waals surface area contributed by atoms with Crippen LogP contribution >= 0.6 is 0 Å². The van der Waals surface area contributed by atoms with E-state index in [9.17, 15) is 39.0 Å². The highest BCUT2D eigenvalue weighted by atomic mass is 16.4. The zero-order valence-corrected chi connectivity index (χ0v) is 28.3. The number of benzene rings is 2. The molecule has 18 heteroatoms. The van der Waals surface area contributed by atoms with Crippen LogP contribution in [-0.2, 0) is 25.6 Å². The van der Waals surface area contributed by atoms with Gasteiger partial charge in [0.2, 0.25) is 17.7 Å². The quantitative estimate of drug-likeness (QED) is 0.128. The van der Waals surface area contributed by atoms with Gasteiger partial charge in [-0.25, -0.2) is 4.79 Å². The van der Waals surface area contributed by atoms with Crippen molar-refractivity contribution in [2.24, 2.45) is 11.7 Å². The van der Waals surface area contributed by atoms with Gasteiger partial charge < -0.3 is 42.5 Å². The van der Waals surface area contributed by atoms with Crippen LogP contribution in [0.1, 0.15) is 66.2 Å². The number of carbonyl (C=O) groups excluding carboxylic acids is 5. The van der Waals surface area contributed by atoms with Crippen molar-refractivity contribution in [1.29, 1.82) is 0 Å². The number of hydrogen-bond acceptors (Lipinski definition) is 11. The van der Waals surface area contributed by atoms with Gasteiger partial charge in [-0.1, -0.05) is 50.2 Å². The Kier molecular flexibility index (Phi) is 12.5. The second-order valence-electron chi connectivity index (χ2n) is 12.7. The summed E-state index contributed by atoms with van der Waals surface area (Å²) in [4.78, 5) is 79.0. The number of fused-ring (bicyclic) bond motifs is 2. The molecule has 2 aromatic carbocycles. The number of carboxylic acid groups (broad SMARTS) is 1. The molecule has 0 radical (unpaired) electrons. The Labute approximate surface area is 292 Å². The van der Waals surface area contributed by atoms with E-state index in [4.69, 9.17) is 5.73 Å². The number of aliphatic hydroxyl groups is 1. The number of aromatic carboxylic acids is 1. The Balaban J connectivity index is 1.60. The van der Waals surface area contributed by atoms with Crippen molar-refractivity contribution in [1.82, 2.24) is 41.5 Å². The Bertz CT molecular complexity index is 1750. The molecule has 9 N–H and O–H groups in total. The Morgan fingerprint density at radius 3 is 2.47 bits per heavy atom. The zero-order chi connectivity index (χ0) is 37.3. The number of aryl methyl sites for hydroxylation is 1. The molecule has 0 spiro atoms. The van der Waals surface area contributed by atoms with Crippen LogP contribution < -0.4 is 32.3 Å². The molecule has 0 fully saturated rings. The van der Waals surface area contributed by atoms with E-state index in [1.54, 1.807) is 32.9 Å². The Hall–Kier alpha value is -5.75. The summed E-state index contributed by atoms with van der Waals surface area (Å²) in [6.45, 7) is 4.11. The van der Waals surface area contributed by atoms with Crippen LogP contribution in [0.2, 0.25) is 0 Å². The van der Waals surface area contributed by atoms with Crippen molar-refractivity contribution >= 4 is 41.2 Å². The van der Waals surface area contributed by atoms with E-state index in [1.807, 2.05) is 18.2 Å². The van der Waals surface area contributed by atoms with Gasteiger partial charge in [0, 0.05) is 18.7 Å². The van der Waals surface area contributed by atoms with Gasteiger partial charge in [0.15, 0.2) is 5.60 Å². The number of anilines is 1. The third kappa shape index (κ3) is 10.1. The number of amides is 5. The highest BCUT2D eigenvalue weighted by Gasteiger charge is 2.38. The molecule has 3 aromatic rings. The van der Waals surface area contributed by atoms with Gasteiger partial charge in [-0.15, -0.1) is 10.2 Å². The van der Waals surface area contributed by atoms with Crippen LogP contribution in [0.3, 0.4) is 0 Å². The summed E-state index contributed by atoms with van der Waals surface area (Å²) in [7, 11) is 0. The molecule has 272 valence electrons. The average molecular weight is 707 g/mol. The van der Waals surface area contributed by atoms with E-state index in [0.29, 0.717) is 0 Å². The third-order valence-electron chi connectivity index (χ3n) is 8.32. The summed E-state index contributed by atoms with van der Waals surface area (Å²) in [5.41, 5.74) is 4.57. The van der Waals surface area contributed by atoms with Crippen LogP contribution in [0.4, 0.5) is 5.69 Å². The standard InChI is InChI=1S/C33H42N10O8/c1-18(2)25-29(46)38-24(14-19(3)43-41-26(40-42-43)30(47)35-16-23(34)27(44)39-25)28(45)36-17-33(51,13-12-20-8-5-4-6-9-20)32(50)37-22-11-7-10-21(15-22)31(48)49/h4-11,15,18-19,23-25,51H,12-14,16-17,34H2,1-3H3,(H,35,47)(H,36,45)(H,37,50)(H,38,46)(H,39,44)(H,48,49)/t19?,23-,24-,25?,33+/m0/s1. The van der Waals surface area contributed by atoms with E-state index in [2.05, 4.69) is 42.0 Å². The number of nitrogens with zero attached hydrogens (tertiary/aromatic N) is 4. The predicted octanol–water partition coefficient (Wildman–Crippen LogP) is -0.862. The summed E-state index contributed by atoms with van der Waals surface area (Å²) in [6, 6.07) is 10.1. The smallest absolute Gasteiger partial charge is 0.335 e. The molecule has 0 saturated carbocycles. The summed E-state index contributed by atoms with van der Waals surface area (Å²) >= 11 is 0. The average Bonchev–Trinajstić information content (AvgIpc) is 3.61. The van der Waals surface area contributed by atoms with E-state index >= 15 is 0 Å². The largest absolute Gasteiger partial charge is 0.478 e. The van der Waals surface area contributed by atoms with Crippen LogP contribution in [-0.4, -0.2) is 103 Å². The van der Waals surface area contributed by atoms with Crippen molar-refractivity contribution in [2.45, 2.75) is 69.8 Å². The van der Waals surface area contributed by atoms with Crippen LogP contribution in [0.25, 0.3) is 0 Å². The van der Waals surface area contributed by atoms with Gasteiger partial charge in [0.25, 0.3) is 17.6 Å². The molecule has 51 heavy (non-hydrogen) atoms. The number of rotatable bonds is 10. The third-order valence-corrected chi connectivity index (χ3v) is 8.32. The van der Waals surface area contributed by atoms with Crippen molar-refractivity contribution in [3.8, 4) is 0 Å². The lowest BCUT2D eigenvalue weighted by Crippen LogP contribution is -2.60. The Morgan fingerprint density at radius 2 is 1.78 bits per heavy atom. The molecule has 0 aliphatic carbocycles. The highest BCUT2D eigenvalue weighted by molar-refractivity contribution is 5.99. The highest BCUT2D eigenvalue weighted by Crippen LogP contribution is 2.20. The number of nitrogens with two attached hydrogens (primary N) is 1. The first kappa shape index (κ1) is 38.1. The minimum Gasteiger partial charge on any atom is -0.478 e. The van der Waals surface area contributed by atoms with Gasteiger partial charge in [0.1, 0.15) is 18.1 Å². The van der Waals surface area contributed by atoms with E-state index in [-0.39, 0.29) is 42.9 Å². The molecule has 4 rings (SSSR count). The molecule has 2 unspecified atom stereocenters. The molecule has 2 heterocycles.